The molecule has 1 aromatic carbocycles. The molecule has 0 saturated carbocycles. The zero-order valence-electron chi connectivity index (χ0n) is 21.5. The van der Waals surface area contributed by atoms with E-state index in [9.17, 15) is 19.8 Å². The number of esters is 1. The van der Waals surface area contributed by atoms with E-state index >= 15 is 0 Å². The molecular weight excluding hydrogens is 432 g/mol. The van der Waals surface area contributed by atoms with E-state index in [4.69, 9.17) is 4.74 Å². The summed E-state index contributed by atoms with van der Waals surface area (Å²) in [4.78, 5) is 22.5. The van der Waals surface area contributed by atoms with Crippen molar-refractivity contribution in [3.05, 3.63) is 34.9 Å². The number of carbonyl (C=O) groups is 2. The number of hydrogen-bond donors (Lipinski definition) is 2. The fourth-order valence-electron chi connectivity index (χ4n) is 3.99. The number of aromatic carboxylic acids is 1. The van der Waals surface area contributed by atoms with Crippen LogP contribution in [0.4, 0.5) is 0 Å². The molecule has 0 radical (unpaired) electrons. The largest absolute Gasteiger partial charge is 0.507 e. The monoisotopic (exact) mass is 476 g/mol. The predicted octanol–water partition coefficient (Wildman–Crippen LogP) is 7.28. The summed E-state index contributed by atoms with van der Waals surface area (Å²) in [6.07, 6.45) is 17.6. The Hall–Kier alpha value is -2.50. The molecule has 0 aliphatic carbocycles. The number of benzene rings is 1. The van der Waals surface area contributed by atoms with Gasteiger partial charge < -0.3 is 19.7 Å². The van der Waals surface area contributed by atoms with E-state index in [-0.39, 0.29) is 23.4 Å². The topological polar surface area (TPSA) is 93.1 Å². The molecule has 0 fully saturated rings. The van der Waals surface area contributed by atoms with Crippen LogP contribution in [0.2, 0.25) is 0 Å². The molecule has 0 aromatic heterocycles. The van der Waals surface area contributed by atoms with Crippen molar-refractivity contribution in [3.63, 3.8) is 0 Å². The number of carboxylic acid groups (broad SMARTS) is 1. The molecular formula is C28H44O6. The van der Waals surface area contributed by atoms with Crippen molar-refractivity contribution >= 4 is 11.9 Å². The lowest BCUT2D eigenvalue weighted by molar-refractivity contribution is -0.140. The number of aryl methyl sites for hydroxylation is 1. The van der Waals surface area contributed by atoms with Gasteiger partial charge in [0.1, 0.15) is 23.2 Å². The summed E-state index contributed by atoms with van der Waals surface area (Å²) in [5, 5.41) is 19.7. The first-order chi connectivity index (χ1) is 16.3. The van der Waals surface area contributed by atoms with Crippen LogP contribution in [0.1, 0.15) is 112 Å². The average Bonchev–Trinajstić information content (AvgIpc) is 2.80. The summed E-state index contributed by atoms with van der Waals surface area (Å²) in [6.45, 7) is 5.57. The summed E-state index contributed by atoms with van der Waals surface area (Å²) in [6, 6.07) is 1.72. The Morgan fingerprint density at radius 3 is 2.35 bits per heavy atom. The minimum absolute atomic E-state index is 0.0143. The van der Waals surface area contributed by atoms with Gasteiger partial charge >= 0.3 is 11.9 Å². The SMILES string of the molecule is CCCCCCC(CC=CCCCCCCCC(=O)OC)Oc1cc(C)c(C(=O)O)c(O)c1C. The molecule has 1 rings (SSSR count). The van der Waals surface area contributed by atoms with Gasteiger partial charge in [-0.25, -0.2) is 4.79 Å². The second kappa shape index (κ2) is 17.0. The Kier molecular flexibility index (Phi) is 14.8. The van der Waals surface area contributed by atoms with Crippen LogP contribution in [0.3, 0.4) is 0 Å². The number of allylic oxidation sites excluding steroid dienone is 1. The Morgan fingerprint density at radius 2 is 1.68 bits per heavy atom. The molecule has 1 unspecified atom stereocenters. The minimum Gasteiger partial charge on any atom is -0.507 e. The van der Waals surface area contributed by atoms with Crippen LogP contribution >= 0.6 is 0 Å². The van der Waals surface area contributed by atoms with E-state index in [1.165, 1.54) is 20.0 Å². The summed E-state index contributed by atoms with van der Waals surface area (Å²) in [7, 11) is 1.43. The summed E-state index contributed by atoms with van der Waals surface area (Å²) < 4.78 is 10.9. The van der Waals surface area contributed by atoms with Gasteiger partial charge in [0.2, 0.25) is 0 Å². The third-order valence-electron chi connectivity index (χ3n) is 6.14. The van der Waals surface area contributed by atoms with Gasteiger partial charge in [-0.1, -0.05) is 57.6 Å². The van der Waals surface area contributed by atoms with Crippen molar-refractivity contribution in [2.45, 2.75) is 110 Å². The average molecular weight is 477 g/mol. The van der Waals surface area contributed by atoms with Crippen LogP contribution < -0.4 is 4.74 Å². The minimum atomic E-state index is -1.13. The summed E-state index contributed by atoms with van der Waals surface area (Å²) >= 11 is 0. The van der Waals surface area contributed by atoms with Gasteiger partial charge in [-0.3, -0.25) is 4.79 Å². The third kappa shape index (κ3) is 11.1. The van der Waals surface area contributed by atoms with Crippen molar-refractivity contribution < 1.29 is 29.3 Å². The Labute approximate surface area is 205 Å². The molecule has 0 heterocycles. The van der Waals surface area contributed by atoms with Gasteiger partial charge in [-0.2, -0.15) is 0 Å². The molecule has 1 aromatic rings. The highest BCUT2D eigenvalue weighted by atomic mass is 16.5. The normalized spacial score (nSPS) is 12.1. The highest BCUT2D eigenvalue weighted by molar-refractivity contribution is 5.93. The second-order valence-electron chi connectivity index (χ2n) is 9.02. The number of phenols is 1. The number of unbranched alkanes of at least 4 members (excludes halogenated alkanes) is 8. The highest BCUT2D eigenvalue weighted by Crippen LogP contribution is 2.34. The van der Waals surface area contributed by atoms with Gasteiger partial charge in [-0.05, 0) is 57.6 Å². The molecule has 1 atom stereocenters. The second-order valence-corrected chi connectivity index (χ2v) is 9.02. The molecule has 0 aliphatic rings. The van der Waals surface area contributed by atoms with E-state index in [0.717, 1.165) is 64.2 Å². The first-order valence-corrected chi connectivity index (χ1v) is 12.8. The lowest BCUT2D eigenvalue weighted by Gasteiger charge is -2.21. The zero-order chi connectivity index (χ0) is 25.3. The molecule has 0 spiro atoms. The van der Waals surface area contributed by atoms with Crippen molar-refractivity contribution in [2.24, 2.45) is 0 Å². The fourth-order valence-corrected chi connectivity index (χ4v) is 3.99. The maximum absolute atomic E-state index is 11.4. The van der Waals surface area contributed by atoms with E-state index in [1.54, 1.807) is 19.9 Å². The molecule has 0 amide bonds. The predicted molar refractivity (Wildman–Crippen MR) is 136 cm³/mol. The lowest BCUT2D eigenvalue weighted by atomic mass is 10.0. The molecule has 0 bridgehead atoms. The number of hydrogen-bond acceptors (Lipinski definition) is 5. The van der Waals surface area contributed by atoms with Crippen molar-refractivity contribution in [1.82, 2.24) is 0 Å². The summed E-state index contributed by atoms with van der Waals surface area (Å²) in [5.41, 5.74) is 0.907. The van der Waals surface area contributed by atoms with Crippen molar-refractivity contribution in [1.29, 1.82) is 0 Å². The number of rotatable bonds is 18. The van der Waals surface area contributed by atoms with E-state index in [2.05, 4.69) is 23.8 Å². The van der Waals surface area contributed by atoms with Crippen LogP contribution in [0.15, 0.2) is 18.2 Å². The zero-order valence-corrected chi connectivity index (χ0v) is 21.5. The quantitative estimate of drug-likeness (QED) is 0.131. The van der Waals surface area contributed by atoms with Crippen LogP contribution in [-0.2, 0) is 9.53 Å². The molecule has 0 aliphatic heterocycles. The molecule has 192 valence electrons. The van der Waals surface area contributed by atoms with Gasteiger partial charge in [-0.15, -0.1) is 0 Å². The van der Waals surface area contributed by atoms with E-state index in [1.807, 2.05) is 0 Å². The number of ether oxygens (including phenoxy) is 2. The van der Waals surface area contributed by atoms with Crippen LogP contribution in [0.25, 0.3) is 0 Å². The van der Waals surface area contributed by atoms with Crippen LogP contribution in [0, 0.1) is 13.8 Å². The maximum Gasteiger partial charge on any atom is 0.339 e. The molecule has 6 heteroatoms. The summed E-state index contributed by atoms with van der Waals surface area (Å²) in [5.74, 6) is -0.921. The highest BCUT2D eigenvalue weighted by Gasteiger charge is 2.20. The number of carbonyl (C=O) groups excluding carboxylic acids is 1. The lowest BCUT2D eigenvalue weighted by Crippen LogP contribution is -2.17. The maximum atomic E-state index is 11.4. The number of carboxylic acids is 1. The van der Waals surface area contributed by atoms with Gasteiger partial charge in [0, 0.05) is 18.4 Å². The molecule has 34 heavy (non-hydrogen) atoms. The number of aromatic hydroxyl groups is 1. The van der Waals surface area contributed by atoms with Gasteiger partial charge in [0.15, 0.2) is 0 Å². The van der Waals surface area contributed by atoms with E-state index < -0.39 is 5.97 Å². The fraction of sp³-hybridized carbons (Fsp3) is 0.643. The van der Waals surface area contributed by atoms with Crippen molar-refractivity contribution in [3.8, 4) is 11.5 Å². The Bertz CT molecular complexity index is 784. The van der Waals surface area contributed by atoms with E-state index in [0.29, 0.717) is 23.3 Å². The van der Waals surface area contributed by atoms with Crippen molar-refractivity contribution in [2.75, 3.05) is 7.11 Å². The third-order valence-corrected chi connectivity index (χ3v) is 6.14. The Morgan fingerprint density at radius 1 is 1.00 bits per heavy atom. The molecule has 6 nitrogen and oxygen atoms in total. The Balaban J connectivity index is 2.57. The molecule has 2 N–H and O–H groups in total. The van der Waals surface area contributed by atoms with Gasteiger partial charge in [0.25, 0.3) is 0 Å². The van der Waals surface area contributed by atoms with Gasteiger partial charge in [0.05, 0.1) is 7.11 Å². The first kappa shape index (κ1) is 29.5. The number of methoxy groups -OCH3 is 1. The molecule has 0 saturated heterocycles. The standard InChI is InChI=1S/C28H44O6/c1-5-6-7-14-17-23(18-15-12-10-8-9-11-13-16-19-25(29)33-4)34-24-20-21(2)26(28(31)32)27(30)22(24)3/h12,15,20,23,30H,5-11,13-14,16-19H2,1-4H3,(H,31,32). The van der Waals surface area contributed by atoms with Crippen LogP contribution in [0.5, 0.6) is 11.5 Å². The van der Waals surface area contributed by atoms with Crippen LogP contribution in [-0.4, -0.2) is 35.4 Å². The first-order valence-electron chi connectivity index (χ1n) is 12.8. The smallest absolute Gasteiger partial charge is 0.339 e.